The van der Waals surface area contributed by atoms with Gasteiger partial charge in [-0.05, 0) is 62.1 Å². The lowest BCUT2D eigenvalue weighted by Crippen LogP contribution is -2.48. The van der Waals surface area contributed by atoms with Crippen molar-refractivity contribution in [3.63, 3.8) is 0 Å². The summed E-state index contributed by atoms with van der Waals surface area (Å²) in [4.78, 5) is 14.0. The van der Waals surface area contributed by atoms with E-state index in [-0.39, 0.29) is 17.2 Å². The summed E-state index contributed by atoms with van der Waals surface area (Å²) in [5.41, 5.74) is -0.106. The van der Waals surface area contributed by atoms with E-state index >= 15 is 0 Å². The van der Waals surface area contributed by atoms with Gasteiger partial charge in [0.25, 0.3) is 0 Å². The summed E-state index contributed by atoms with van der Waals surface area (Å²) >= 11 is 5.88. The molecule has 2 aromatic carbocycles. The first-order chi connectivity index (χ1) is 14.3. The molecule has 1 amide bonds. The third kappa shape index (κ3) is 4.90. The monoisotopic (exact) mass is 473 g/mol. The van der Waals surface area contributed by atoms with E-state index in [1.54, 1.807) is 17.0 Å². The van der Waals surface area contributed by atoms with Gasteiger partial charge >= 0.3 is 6.18 Å². The molecule has 4 nitrogen and oxygen atoms in total. The van der Waals surface area contributed by atoms with Gasteiger partial charge < -0.3 is 4.90 Å². The van der Waals surface area contributed by atoms with E-state index in [1.165, 1.54) is 19.9 Å². The lowest BCUT2D eigenvalue weighted by atomic mass is 9.85. The van der Waals surface area contributed by atoms with Crippen LogP contribution in [0, 0.1) is 5.92 Å². The number of likely N-dealkylation sites (tertiary alicyclic amines) is 1. The van der Waals surface area contributed by atoms with Crippen LogP contribution in [0.25, 0.3) is 0 Å². The molecule has 168 valence electrons. The van der Waals surface area contributed by atoms with Gasteiger partial charge in [-0.1, -0.05) is 29.8 Å². The van der Waals surface area contributed by atoms with E-state index in [0.29, 0.717) is 30.6 Å². The Labute approximate surface area is 184 Å². The number of hydrogen-bond donors (Lipinski definition) is 0. The fourth-order valence-corrected chi connectivity index (χ4v) is 5.73. The van der Waals surface area contributed by atoms with Crippen LogP contribution >= 0.6 is 11.6 Å². The third-order valence-corrected chi connectivity index (χ3v) is 8.80. The summed E-state index contributed by atoms with van der Waals surface area (Å²) in [7, 11) is -4.11. The average molecular weight is 474 g/mol. The number of carbonyl (C=O) groups excluding carboxylic acids is 1. The molecule has 1 aliphatic rings. The molecule has 1 fully saturated rings. The summed E-state index contributed by atoms with van der Waals surface area (Å²) in [5, 5.41) is 0.593. The Bertz CT molecular complexity index is 1070. The van der Waals surface area contributed by atoms with Gasteiger partial charge in [-0.2, -0.15) is 13.2 Å². The van der Waals surface area contributed by atoms with Crippen molar-refractivity contribution < 1.29 is 26.4 Å². The Morgan fingerprint density at radius 1 is 1.10 bits per heavy atom. The number of piperidine rings is 1. The van der Waals surface area contributed by atoms with Gasteiger partial charge in [0.15, 0.2) is 9.84 Å². The highest BCUT2D eigenvalue weighted by molar-refractivity contribution is 7.92. The van der Waals surface area contributed by atoms with Gasteiger partial charge in [0.2, 0.25) is 5.91 Å². The summed E-state index contributed by atoms with van der Waals surface area (Å²) in [6, 6.07) is 10.9. The van der Waals surface area contributed by atoms with Crippen LogP contribution in [0.4, 0.5) is 13.2 Å². The molecule has 9 heteroatoms. The van der Waals surface area contributed by atoms with Crippen molar-refractivity contribution in [1.29, 1.82) is 0 Å². The van der Waals surface area contributed by atoms with Crippen molar-refractivity contribution in [2.45, 2.75) is 49.1 Å². The number of sulfone groups is 1. The molecular formula is C22H23ClF3NO3S. The van der Waals surface area contributed by atoms with Gasteiger partial charge in [-0.15, -0.1) is 0 Å². The van der Waals surface area contributed by atoms with Crippen LogP contribution in [-0.2, 0) is 27.4 Å². The van der Waals surface area contributed by atoms with Crippen LogP contribution in [0.5, 0.6) is 0 Å². The van der Waals surface area contributed by atoms with Gasteiger partial charge in [-0.25, -0.2) is 8.42 Å². The van der Waals surface area contributed by atoms with Crippen LogP contribution in [0.2, 0.25) is 5.02 Å². The van der Waals surface area contributed by atoms with Crippen LogP contribution in [0.1, 0.15) is 37.8 Å². The van der Waals surface area contributed by atoms with Gasteiger partial charge in [-0.3, -0.25) is 4.79 Å². The number of benzene rings is 2. The largest absolute Gasteiger partial charge is 0.416 e. The van der Waals surface area contributed by atoms with Crippen LogP contribution in [-0.4, -0.2) is 30.5 Å². The Morgan fingerprint density at radius 3 is 2.32 bits per heavy atom. The first-order valence-corrected chi connectivity index (χ1v) is 11.6. The normalized spacial score (nSPS) is 18.3. The molecule has 1 heterocycles. The number of amides is 1. The second-order valence-electron chi connectivity index (χ2n) is 8.26. The second-order valence-corrected chi connectivity index (χ2v) is 11.2. The minimum atomic E-state index is -4.64. The van der Waals surface area contributed by atoms with Crippen LogP contribution in [0.3, 0.4) is 0 Å². The van der Waals surface area contributed by atoms with Gasteiger partial charge in [0, 0.05) is 24.5 Å². The second kappa shape index (κ2) is 8.47. The zero-order valence-electron chi connectivity index (χ0n) is 17.1. The van der Waals surface area contributed by atoms with E-state index in [2.05, 4.69) is 0 Å². The summed E-state index contributed by atoms with van der Waals surface area (Å²) < 4.78 is 64.2. The Kier molecular flexibility index (Phi) is 6.45. The van der Waals surface area contributed by atoms with Crippen LogP contribution in [0.15, 0.2) is 53.4 Å². The molecule has 0 spiro atoms. The molecule has 1 atom stereocenters. The maximum Gasteiger partial charge on any atom is 0.416 e. The summed E-state index contributed by atoms with van der Waals surface area (Å²) in [6.45, 7) is 3.72. The topological polar surface area (TPSA) is 54.5 Å². The zero-order valence-corrected chi connectivity index (χ0v) is 18.7. The van der Waals surface area contributed by atoms with Crippen molar-refractivity contribution in [2.24, 2.45) is 5.92 Å². The quantitative estimate of drug-likeness (QED) is 0.588. The van der Waals surface area contributed by atoms with Crippen molar-refractivity contribution in [1.82, 2.24) is 4.90 Å². The molecule has 31 heavy (non-hydrogen) atoms. The Balaban J connectivity index is 1.78. The van der Waals surface area contributed by atoms with E-state index in [1.807, 2.05) is 12.1 Å². The molecule has 0 radical (unpaired) electrons. The third-order valence-electron chi connectivity index (χ3n) is 5.96. The standard InChI is InChI=1S/C22H23ClF3NO3S/c1-21(2,31(29,30)19-5-3-4-17(12-19)22(24,25)26)16-10-11-27(20(28)13-16)14-15-6-8-18(23)9-7-15/h3-9,12,16H,10-11,13-14H2,1-2H3. The molecule has 0 aromatic heterocycles. The molecule has 3 rings (SSSR count). The molecule has 0 saturated carbocycles. The molecular weight excluding hydrogens is 451 g/mol. The lowest BCUT2D eigenvalue weighted by Gasteiger charge is -2.39. The van der Waals surface area contributed by atoms with E-state index in [0.717, 1.165) is 17.7 Å². The highest BCUT2D eigenvalue weighted by Gasteiger charge is 2.46. The summed E-state index contributed by atoms with van der Waals surface area (Å²) in [6.07, 6.45) is -4.19. The predicted octanol–water partition coefficient (Wildman–Crippen LogP) is 5.35. The van der Waals surface area contributed by atoms with Crippen molar-refractivity contribution in [3.05, 3.63) is 64.7 Å². The SMILES string of the molecule is CC(C)(C1CCN(Cc2ccc(Cl)cc2)C(=O)C1)S(=O)(=O)c1cccc(C(F)(F)F)c1. The van der Waals surface area contributed by atoms with E-state index < -0.39 is 32.2 Å². The predicted molar refractivity (Wildman–Crippen MR) is 112 cm³/mol. The lowest BCUT2D eigenvalue weighted by molar-refractivity contribution is -0.138. The van der Waals surface area contributed by atoms with Gasteiger partial charge in [0.05, 0.1) is 15.2 Å². The Hall–Kier alpha value is -2.06. The highest BCUT2D eigenvalue weighted by Crippen LogP contribution is 2.40. The van der Waals surface area contributed by atoms with Crippen molar-refractivity contribution in [2.75, 3.05) is 6.54 Å². The summed E-state index contributed by atoms with van der Waals surface area (Å²) in [5.74, 6) is -0.695. The fraction of sp³-hybridized carbons (Fsp3) is 0.409. The minimum absolute atomic E-state index is 0.0127. The highest BCUT2D eigenvalue weighted by atomic mass is 35.5. The maximum absolute atomic E-state index is 13.2. The molecule has 1 saturated heterocycles. The van der Waals surface area contributed by atoms with Crippen LogP contribution < -0.4 is 0 Å². The first kappa shape index (κ1) is 23.6. The molecule has 2 aromatic rings. The number of rotatable bonds is 5. The minimum Gasteiger partial charge on any atom is -0.338 e. The van der Waals surface area contributed by atoms with E-state index in [9.17, 15) is 26.4 Å². The van der Waals surface area contributed by atoms with E-state index in [4.69, 9.17) is 11.6 Å². The maximum atomic E-state index is 13.2. The van der Waals surface area contributed by atoms with Crippen molar-refractivity contribution >= 4 is 27.3 Å². The number of nitrogens with zero attached hydrogens (tertiary/aromatic N) is 1. The first-order valence-electron chi connectivity index (χ1n) is 9.76. The average Bonchev–Trinajstić information content (AvgIpc) is 2.70. The molecule has 0 N–H and O–H groups in total. The molecule has 1 unspecified atom stereocenters. The van der Waals surface area contributed by atoms with Crippen molar-refractivity contribution in [3.8, 4) is 0 Å². The molecule has 0 bridgehead atoms. The Morgan fingerprint density at radius 2 is 1.74 bits per heavy atom. The number of hydrogen-bond acceptors (Lipinski definition) is 3. The van der Waals surface area contributed by atoms with Gasteiger partial charge in [0.1, 0.15) is 0 Å². The molecule has 1 aliphatic heterocycles. The number of alkyl halides is 3. The smallest absolute Gasteiger partial charge is 0.338 e. The number of halogens is 4. The fourth-order valence-electron chi connectivity index (χ4n) is 3.81. The number of carbonyl (C=O) groups is 1. The zero-order chi connectivity index (χ0) is 23.0. The molecule has 0 aliphatic carbocycles.